The third kappa shape index (κ3) is 4.13. The molecule has 166 valence electrons. The number of aryl methyl sites for hydroxylation is 2. The normalized spacial score (nSPS) is 11.4. The molecule has 4 aromatic rings. The van der Waals surface area contributed by atoms with E-state index in [2.05, 4.69) is 10.1 Å². The van der Waals surface area contributed by atoms with Crippen LogP contribution in [0.5, 0.6) is 0 Å². The highest BCUT2D eigenvalue weighted by Crippen LogP contribution is 2.24. The summed E-state index contributed by atoms with van der Waals surface area (Å²) in [4.78, 5) is 30.7. The molecule has 3 aromatic heterocycles. The first-order valence-corrected chi connectivity index (χ1v) is 11.2. The van der Waals surface area contributed by atoms with Crippen LogP contribution in [-0.2, 0) is 11.3 Å². The van der Waals surface area contributed by atoms with Crippen molar-refractivity contribution in [3.8, 4) is 5.82 Å². The van der Waals surface area contributed by atoms with E-state index >= 15 is 0 Å². The SMILES string of the molecule is COCCn1c(SCC(=O)c2cc(C)n(-c3cc(C)on3)c2C)nc2ccccc2c1=O. The molecule has 0 amide bonds. The van der Waals surface area contributed by atoms with E-state index in [4.69, 9.17) is 9.26 Å². The molecule has 0 aliphatic rings. The van der Waals surface area contributed by atoms with Gasteiger partial charge in [-0.2, -0.15) is 0 Å². The number of thioether (sulfide) groups is 1. The first-order valence-electron chi connectivity index (χ1n) is 10.2. The van der Waals surface area contributed by atoms with Gasteiger partial charge in [0.05, 0.1) is 29.8 Å². The van der Waals surface area contributed by atoms with Crippen molar-refractivity contribution in [1.29, 1.82) is 0 Å². The lowest BCUT2D eigenvalue weighted by molar-refractivity contribution is 0.102. The van der Waals surface area contributed by atoms with E-state index in [0.717, 1.165) is 11.4 Å². The van der Waals surface area contributed by atoms with E-state index < -0.39 is 0 Å². The predicted molar refractivity (Wildman–Crippen MR) is 123 cm³/mol. The van der Waals surface area contributed by atoms with E-state index in [1.54, 1.807) is 23.8 Å². The summed E-state index contributed by atoms with van der Waals surface area (Å²) in [6.07, 6.45) is 0. The van der Waals surface area contributed by atoms with Gasteiger partial charge in [-0.3, -0.25) is 18.7 Å². The fourth-order valence-electron chi connectivity index (χ4n) is 3.70. The third-order valence-electron chi connectivity index (χ3n) is 5.25. The summed E-state index contributed by atoms with van der Waals surface area (Å²) < 4.78 is 13.8. The van der Waals surface area contributed by atoms with Gasteiger partial charge in [-0.1, -0.05) is 29.1 Å². The van der Waals surface area contributed by atoms with Crippen LogP contribution < -0.4 is 5.56 Å². The fourth-order valence-corrected chi connectivity index (χ4v) is 4.61. The fraction of sp³-hybridized carbons (Fsp3) is 0.304. The quantitative estimate of drug-likeness (QED) is 0.229. The number of ketones is 1. The lowest BCUT2D eigenvalue weighted by Gasteiger charge is -2.12. The van der Waals surface area contributed by atoms with Crippen LogP contribution in [0.1, 0.15) is 27.5 Å². The molecular formula is C23H24N4O4S. The number of Topliss-reactive ketones (excluding diaryl/α,β-unsaturated/α-hetero) is 1. The van der Waals surface area contributed by atoms with Crippen LogP contribution in [0.25, 0.3) is 16.7 Å². The highest BCUT2D eigenvalue weighted by molar-refractivity contribution is 7.99. The number of aromatic nitrogens is 4. The summed E-state index contributed by atoms with van der Waals surface area (Å²) in [6, 6.07) is 10.9. The van der Waals surface area contributed by atoms with E-state index in [-0.39, 0.29) is 17.1 Å². The molecule has 0 atom stereocenters. The van der Waals surface area contributed by atoms with Gasteiger partial charge in [-0.25, -0.2) is 4.98 Å². The van der Waals surface area contributed by atoms with Crippen molar-refractivity contribution >= 4 is 28.4 Å². The molecular weight excluding hydrogens is 428 g/mol. The minimum atomic E-state index is -0.137. The molecule has 0 unspecified atom stereocenters. The van der Waals surface area contributed by atoms with Crippen molar-refractivity contribution in [3.05, 3.63) is 69.5 Å². The summed E-state index contributed by atoms with van der Waals surface area (Å²) in [5.74, 6) is 1.45. The van der Waals surface area contributed by atoms with Gasteiger partial charge in [0.15, 0.2) is 16.8 Å². The van der Waals surface area contributed by atoms with Gasteiger partial charge < -0.3 is 9.26 Å². The highest BCUT2D eigenvalue weighted by atomic mass is 32.2. The lowest BCUT2D eigenvalue weighted by atomic mass is 10.2. The Balaban J connectivity index is 1.63. The van der Waals surface area contributed by atoms with Gasteiger partial charge in [0.25, 0.3) is 5.56 Å². The second-order valence-corrected chi connectivity index (χ2v) is 8.43. The third-order valence-corrected chi connectivity index (χ3v) is 6.23. The zero-order valence-electron chi connectivity index (χ0n) is 18.4. The molecule has 32 heavy (non-hydrogen) atoms. The minimum Gasteiger partial charge on any atom is -0.383 e. The first-order chi connectivity index (χ1) is 15.4. The summed E-state index contributed by atoms with van der Waals surface area (Å²) in [6.45, 7) is 6.38. The number of methoxy groups -OCH3 is 1. The number of rotatable bonds is 8. The first kappa shape index (κ1) is 22.0. The zero-order chi connectivity index (χ0) is 22.8. The van der Waals surface area contributed by atoms with Gasteiger partial charge in [0.1, 0.15) is 5.76 Å². The average Bonchev–Trinajstić information content (AvgIpc) is 3.33. The molecule has 3 heterocycles. The zero-order valence-corrected chi connectivity index (χ0v) is 19.2. The van der Waals surface area contributed by atoms with Gasteiger partial charge in [-0.15, -0.1) is 0 Å². The van der Waals surface area contributed by atoms with Crippen LogP contribution >= 0.6 is 11.8 Å². The number of nitrogens with zero attached hydrogens (tertiary/aromatic N) is 4. The van der Waals surface area contributed by atoms with Crippen LogP contribution in [0, 0.1) is 20.8 Å². The average molecular weight is 453 g/mol. The van der Waals surface area contributed by atoms with E-state index in [1.807, 2.05) is 49.6 Å². The molecule has 0 aliphatic carbocycles. The molecule has 0 aliphatic heterocycles. The van der Waals surface area contributed by atoms with Crippen molar-refractivity contribution in [2.45, 2.75) is 32.5 Å². The Morgan fingerprint density at radius 3 is 2.69 bits per heavy atom. The van der Waals surface area contributed by atoms with Crippen molar-refractivity contribution in [1.82, 2.24) is 19.3 Å². The molecule has 4 rings (SSSR count). The Bertz CT molecular complexity index is 1350. The molecule has 0 saturated heterocycles. The van der Waals surface area contributed by atoms with Crippen LogP contribution in [0.2, 0.25) is 0 Å². The van der Waals surface area contributed by atoms with Crippen molar-refractivity contribution in [2.24, 2.45) is 0 Å². The van der Waals surface area contributed by atoms with Crippen molar-refractivity contribution in [3.63, 3.8) is 0 Å². The van der Waals surface area contributed by atoms with Crippen LogP contribution in [0.15, 0.2) is 50.9 Å². The maximum absolute atomic E-state index is 13.1. The van der Waals surface area contributed by atoms with Crippen molar-refractivity contribution < 1.29 is 14.1 Å². The minimum absolute atomic E-state index is 0.0461. The molecule has 0 N–H and O–H groups in total. The summed E-state index contributed by atoms with van der Waals surface area (Å²) in [5, 5.41) is 5.11. The number of fused-ring (bicyclic) bond motifs is 1. The number of benzene rings is 1. The molecule has 0 fully saturated rings. The topological polar surface area (TPSA) is 92.2 Å². The number of ether oxygens (including phenoxy) is 1. The van der Waals surface area contributed by atoms with Gasteiger partial charge in [0.2, 0.25) is 0 Å². The van der Waals surface area contributed by atoms with E-state index in [9.17, 15) is 9.59 Å². The number of hydrogen-bond acceptors (Lipinski definition) is 7. The number of para-hydroxylation sites is 1. The van der Waals surface area contributed by atoms with Crippen LogP contribution in [-0.4, -0.2) is 44.5 Å². The molecule has 0 radical (unpaired) electrons. The van der Waals surface area contributed by atoms with Gasteiger partial charge in [-0.05, 0) is 39.0 Å². The largest absolute Gasteiger partial charge is 0.383 e. The monoisotopic (exact) mass is 452 g/mol. The standard InChI is InChI=1S/C23H24N4O4S/c1-14-11-18(16(3)27(14)21-12-15(2)31-25-21)20(28)13-32-23-24-19-8-6-5-7-17(19)22(29)26(23)9-10-30-4/h5-8,11-12H,9-10,13H2,1-4H3. The second kappa shape index (κ2) is 9.13. The molecule has 1 aromatic carbocycles. The van der Waals surface area contributed by atoms with Crippen LogP contribution in [0.3, 0.4) is 0 Å². The predicted octanol–water partition coefficient (Wildman–Crippen LogP) is 3.72. The molecule has 8 nitrogen and oxygen atoms in total. The highest BCUT2D eigenvalue weighted by Gasteiger charge is 2.20. The summed E-state index contributed by atoms with van der Waals surface area (Å²) in [7, 11) is 1.59. The maximum Gasteiger partial charge on any atom is 0.262 e. The maximum atomic E-state index is 13.1. The smallest absolute Gasteiger partial charge is 0.262 e. The summed E-state index contributed by atoms with van der Waals surface area (Å²) in [5.41, 5.74) is 2.78. The number of carbonyl (C=O) groups excluding carboxylic acids is 1. The summed E-state index contributed by atoms with van der Waals surface area (Å²) >= 11 is 1.26. The Morgan fingerprint density at radius 2 is 1.97 bits per heavy atom. The number of hydrogen-bond donors (Lipinski definition) is 0. The van der Waals surface area contributed by atoms with E-state index in [0.29, 0.717) is 46.4 Å². The Kier molecular flexibility index (Phi) is 6.29. The molecule has 0 spiro atoms. The Labute approximate surface area is 189 Å². The van der Waals surface area contributed by atoms with Crippen LogP contribution in [0.4, 0.5) is 0 Å². The van der Waals surface area contributed by atoms with E-state index in [1.165, 1.54) is 11.8 Å². The molecule has 9 heteroatoms. The number of carbonyl (C=O) groups is 1. The molecule has 0 saturated carbocycles. The second-order valence-electron chi connectivity index (χ2n) is 7.49. The van der Waals surface area contributed by atoms with Gasteiger partial charge in [0, 0.05) is 30.1 Å². The Morgan fingerprint density at radius 1 is 1.19 bits per heavy atom. The Hall–Kier alpha value is -3.17. The lowest BCUT2D eigenvalue weighted by Crippen LogP contribution is -2.25. The van der Waals surface area contributed by atoms with Crippen molar-refractivity contribution in [2.75, 3.05) is 19.5 Å². The van der Waals surface area contributed by atoms with Gasteiger partial charge >= 0.3 is 0 Å². The molecule has 0 bridgehead atoms.